The molecule has 2 N–H and O–H groups in total. The topological polar surface area (TPSA) is 35.2 Å². The summed E-state index contributed by atoms with van der Waals surface area (Å²) in [7, 11) is 1.58. The molecular weight excluding hydrogens is 193 g/mol. The number of hydrogen-bond donors (Lipinski definition) is 1. The minimum atomic E-state index is -0.258. The van der Waals surface area contributed by atoms with Crippen LogP contribution in [0.15, 0.2) is 24.3 Å². The SMILES string of the molecule is COc1ccc(F)cc1/C(C)=C/CCN. The van der Waals surface area contributed by atoms with Gasteiger partial charge < -0.3 is 10.5 Å². The predicted molar refractivity (Wildman–Crippen MR) is 60.3 cm³/mol. The van der Waals surface area contributed by atoms with Gasteiger partial charge in [-0.25, -0.2) is 4.39 Å². The fourth-order valence-corrected chi connectivity index (χ4v) is 1.40. The predicted octanol–water partition coefficient (Wildman–Crippen LogP) is 2.59. The van der Waals surface area contributed by atoms with Gasteiger partial charge >= 0.3 is 0 Å². The fraction of sp³-hybridized carbons (Fsp3) is 0.333. The van der Waals surface area contributed by atoms with E-state index in [0.29, 0.717) is 12.3 Å². The van der Waals surface area contributed by atoms with Crippen LogP contribution in [0.5, 0.6) is 5.75 Å². The van der Waals surface area contributed by atoms with E-state index >= 15 is 0 Å². The van der Waals surface area contributed by atoms with Crippen LogP contribution in [0, 0.1) is 5.82 Å². The Labute approximate surface area is 89.6 Å². The standard InChI is InChI=1S/C12H16FNO/c1-9(4-3-7-14)11-8-10(13)5-6-12(11)15-2/h4-6,8H,3,7,14H2,1-2H3/b9-4+. The van der Waals surface area contributed by atoms with Gasteiger partial charge in [0, 0.05) is 5.56 Å². The minimum Gasteiger partial charge on any atom is -0.496 e. The Morgan fingerprint density at radius 2 is 2.27 bits per heavy atom. The monoisotopic (exact) mass is 209 g/mol. The second kappa shape index (κ2) is 5.51. The first-order valence-corrected chi connectivity index (χ1v) is 4.89. The Bertz CT molecular complexity index is 361. The molecule has 0 aliphatic carbocycles. The van der Waals surface area contributed by atoms with E-state index < -0.39 is 0 Å². The number of methoxy groups -OCH3 is 1. The summed E-state index contributed by atoms with van der Waals surface area (Å²) in [5.74, 6) is 0.425. The van der Waals surface area contributed by atoms with Crippen molar-refractivity contribution < 1.29 is 9.13 Å². The number of allylic oxidation sites excluding steroid dienone is 1. The first-order chi connectivity index (χ1) is 7.19. The lowest BCUT2D eigenvalue weighted by Crippen LogP contribution is -1.96. The molecule has 0 saturated heterocycles. The maximum Gasteiger partial charge on any atom is 0.126 e. The maximum absolute atomic E-state index is 13.1. The summed E-state index contributed by atoms with van der Waals surface area (Å²) in [5.41, 5.74) is 7.17. The maximum atomic E-state index is 13.1. The molecule has 1 aromatic carbocycles. The van der Waals surface area contributed by atoms with Crippen molar-refractivity contribution in [2.45, 2.75) is 13.3 Å². The average Bonchev–Trinajstić information content (AvgIpc) is 2.25. The molecule has 1 aromatic rings. The third-order valence-electron chi connectivity index (χ3n) is 2.20. The van der Waals surface area contributed by atoms with Crippen LogP contribution in [0.3, 0.4) is 0 Å². The molecule has 15 heavy (non-hydrogen) atoms. The van der Waals surface area contributed by atoms with Gasteiger partial charge in [0.1, 0.15) is 11.6 Å². The van der Waals surface area contributed by atoms with E-state index in [1.807, 2.05) is 13.0 Å². The van der Waals surface area contributed by atoms with Crippen LogP contribution in [0.4, 0.5) is 4.39 Å². The third kappa shape index (κ3) is 3.06. The van der Waals surface area contributed by atoms with Crippen molar-refractivity contribution in [3.63, 3.8) is 0 Å². The van der Waals surface area contributed by atoms with Gasteiger partial charge in [-0.2, -0.15) is 0 Å². The van der Waals surface area contributed by atoms with Crippen LogP contribution in [-0.4, -0.2) is 13.7 Å². The fourth-order valence-electron chi connectivity index (χ4n) is 1.40. The molecule has 3 heteroatoms. The van der Waals surface area contributed by atoms with Crippen molar-refractivity contribution >= 4 is 5.57 Å². The molecule has 0 fully saturated rings. The zero-order valence-electron chi connectivity index (χ0n) is 9.09. The van der Waals surface area contributed by atoms with E-state index in [0.717, 1.165) is 17.6 Å². The molecule has 0 unspecified atom stereocenters. The summed E-state index contributed by atoms with van der Waals surface area (Å²) in [5, 5.41) is 0. The molecule has 0 bridgehead atoms. The van der Waals surface area contributed by atoms with Crippen LogP contribution in [0.2, 0.25) is 0 Å². The second-order valence-corrected chi connectivity index (χ2v) is 3.31. The Morgan fingerprint density at radius 1 is 1.53 bits per heavy atom. The minimum absolute atomic E-state index is 0.258. The summed E-state index contributed by atoms with van der Waals surface area (Å²) in [6, 6.07) is 4.49. The van der Waals surface area contributed by atoms with Crippen molar-refractivity contribution in [1.82, 2.24) is 0 Å². The molecule has 2 nitrogen and oxygen atoms in total. The summed E-state index contributed by atoms with van der Waals surface area (Å²) >= 11 is 0. The van der Waals surface area contributed by atoms with Crippen molar-refractivity contribution in [1.29, 1.82) is 0 Å². The first kappa shape index (κ1) is 11.7. The summed E-state index contributed by atoms with van der Waals surface area (Å²) in [4.78, 5) is 0. The van der Waals surface area contributed by atoms with Crippen LogP contribution < -0.4 is 10.5 Å². The molecule has 0 amide bonds. The molecule has 0 spiro atoms. The van der Waals surface area contributed by atoms with E-state index in [4.69, 9.17) is 10.5 Å². The van der Waals surface area contributed by atoms with Crippen LogP contribution >= 0.6 is 0 Å². The molecule has 0 saturated carbocycles. The molecular formula is C12H16FNO. The zero-order valence-corrected chi connectivity index (χ0v) is 9.09. The largest absolute Gasteiger partial charge is 0.496 e. The summed E-state index contributed by atoms with van der Waals surface area (Å²) < 4.78 is 18.2. The van der Waals surface area contributed by atoms with Gasteiger partial charge in [-0.15, -0.1) is 0 Å². The molecule has 0 atom stereocenters. The van der Waals surface area contributed by atoms with E-state index in [1.165, 1.54) is 12.1 Å². The molecule has 0 aliphatic rings. The number of hydrogen-bond acceptors (Lipinski definition) is 2. The first-order valence-electron chi connectivity index (χ1n) is 4.89. The van der Waals surface area contributed by atoms with Gasteiger partial charge in [-0.1, -0.05) is 6.08 Å². The van der Waals surface area contributed by atoms with Crippen molar-refractivity contribution in [3.05, 3.63) is 35.7 Å². The lowest BCUT2D eigenvalue weighted by Gasteiger charge is -2.08. The smallest absolute Gasteiger partial charge is 0.126 e. The Morgan fingerprint density at radius 3 is 2.87 bits per heavy atom. The van der Waals surface area contributed by atoms with E-state index in [2.05, 4.69) is 0 Å². The van der Waals surface area contributed by atoms with Crippen molar-refractivity contribution in [3.8, 4) is 5.75 Å². The van der Waals surface area contributed by atoms with Crippen LogP contribution in [-0.2, 0) is 0 Å². The second-order valence-electron chi connectivity index (χ2n) is 3.31. The Kier molecular flexibility index (Phi) is 4.31. The van der Waals surface area contributed by atoms with Gasteiger partial charge in [-0.3, -0.25) is 0 Å². The highest BCUT2D eigenvalue weighted by molar-refractivity contribution is 5.69. The van der Waals surface area contributed by atoms with Gasteiger partial charge in [0.15, 0.2) is 0 Å². The summed E-state index contributed by atoms with van der Waals surface area (Å²) in [6.45, 7) is 2.52. The number of rotatable bonds is 4. The number of nitrogens with two attached hydrogens (primary N) is 1. The highest BCUT2D eigenvalue weighted by atomic mass is 19.1. The van der Waals surface area contributed by atoms with Gasteiger partial charge in [-0.05, 0) is 43.7 Å². The van der Waals surface area contributed by atoms with Gasteiger partial charge in [0.2, 0.25) is 0 Å². The third-order valence-corrected chi connectivity index (χ3v) is 2.20. The van der Waals surface area contributed by atoms with E-state index in [1.54, 1.807) is 13.2 Å². The Balaban J connectivity index is 3.05. The van der Waals surface area contributed by atoms with Crippen LogP contribution in [0.1, 0.15) is 18.9 Å². The lowest BCUT2D eigenvalue weighted by atomic mass is 10.0. The molecule has 0 heterocycles. The van der Waals surface area contributed by atoms with E-state index in [9.17, 15) is 4.39 Å². The summed E-state index contributed by atoms with van der Waals surface area (Å²) in [6.07, 6.45) is 2.77. The number of ether oxygens (including phenoxy) is 1. The highest BCUT2D eigenvalue weighted by Crippen LogP contribution is 2.26. The van der Waals surface area contributed by atoms with Crippen LogP contribution in [0.25, 0.3) is 5.57 Å². The lowest BCUT2D eigenvalue weighted by molar-refractivity contribution is 0.412. The number of benzene rings is 1. The normalized spacial score (nSPS) is 11.6. The van der Waals surface area contributed by atoms with Crippen molar-refractivity contribution in [2.24, 2.45) is 5.73 Å². The highest BCUT2D eigenvalue weighted by Gasteiger charge is 2.05. The molecule has 0 aliphatic heterocycles. The zero-order chi connectivity index (χ0) is 11.3. The van der Waals surface area contributed by atoms with E-state index in [-0.39, 0.29) is 5.82 Å². The quantitative estimate of drug-likeness (QED) is 0.827. The van der Waals surface area contributed by atoms with Crippen molar-refractivity contribution in [2.75, 3.05) is 13.7 Å². The van der Waals surface area contributed by atoms with Gasteiger partial charge in [0.05, 0.1) is 7.11 Å². The molecule has 0 aromatic heterocycles. The Hall–Kier alpha value is -1.35. The van der Waals surface area contributed by atoms with Gasteiger partial charge in [0.25, 0.3) is 0 Å². The number of halogens is 1. The molecule has 1 rings (SSSR count). The molecule has 82 valence electrons. The molecule has 0 radical (unpaired) electrons. The average molecular weight is 209 g/mol.